The molecule has 5 nitrogen and oxygen atoms in total. The molecule has 240 valence electrons. The maximum atomic E-state index is 12.1. The number of esters is 2. The Morgan fingerprint density at radius 1 is 0.548 bits per heavy atom. The minimum atomic E-state index is -0.802. The second kappa shape index (κ2) is 33.1. The Bertz CT molecular complexity index is 762. The maximum absolute atomic E-state index is 12.1. The zero-order valence-electron chi connectivity index (χ0n) is 27.0. The van der Waals surface area contributed by atoms with Crippen LogP contribution < -0.4 is 0 Å². The summed E-state index contributed by atoms with van der Waals surface area (Å²) in [6.45, 7) is 3.99. The monoisotopic (exact) mass is 586 g/mol. The molecule has 0 aliphatic rings. The van der Waals surface area contributed by atoms with Gasteiger partial charge in [-0.15, -0.1) is 0 Å². The van der Waals surface area contributed by atoms with E-state index in [0.717, 1.165) is 51.4 Å². The van der Waals surface area contributed by atoms with Crippen molar-refractivity contribution in [2.75, 3.05) is 13.2 Å². The number of hydrogen-bond acceptors (Lipinski definition) is 5. The zero-order valence-corrected chi connectivity index (χ0v) is 27.0. The third-order valence-corrected chi connectivity index (χ3v) is 6.78. The normalized spacial score (nSPS) is 12.9. The predicted molar refractivity (Wildman–Crippen MR) is 177 cm³/mol. The second-order valence-corrected chi connectivity index (χ2v) is 10.9. The van der Waals surface area contributed by atoms with E-state index in [1.54, 1.807) is 0 Å². The first-order valence-electron chi connectivity index (χ1n) is 16.8. The average molecular weight is 587 g/mol. The molecule has 0 saturated heterocycles. The number of aliphatic hydroxyl groups excluding tert-OH is 1. The molecule has 0 radical (unpaired) electrons. The standard InChI is InChI=1S/C37H62O5/c1-3-5-7-9-11-13-15-16-17-18-19-20-22-24-26-28-30-32-37(40)42-35(33-38)34-41-36(39)31-29-27-25-23-21-14-12-10-8-6-4-2/h10-13,16-17,19-20,24,26,35,38H,3-9,14-15,18,21-23,25,27-34H2,1-2H3/b12-10+,13-11+,17-16+,20-19+,26-24+/t35-/m0/s1. The van der Waals surface area contributed by atoms with Crippen molar-refractivity contribution in [3.63, 3.8) is 0 Å². The van der Waals surface area contributed by atoms with Gasteiger partial charge in [0.25, 0.3) is 0 Å². The van der Waals surface area contributed by atoms with Crippen LogP contribution in [-0.2, 0) is 19.1 Å². The number of ether oxygens (including phenoxy) is 2. The van der Waals surface area contributed by atoms with Crippen LogP contribution in [0.25, 0.3) is 0 Å². The maximum Gasteiger partial charge on any atom is 0.306 e. The number of aliphatic hydroxyl groups is 1. The SMILES string of the molecule is CCCC/C=C/CCCCCCCC(=O)OC[C@H](CO)OC(=O)CCC/C=C/C/C=C/C/C=C/C/C=C/CCCCC. The summed E-state index contributed by atoms with van der Waals surface area (Å²) in [5.74, 6) is -0.676. The van der Waals surface area contributed by atoms with Crippen LogP contribution >= 0.6 is 0 Å². The third kappa shape index (κ3) is 30.6. The van der Waals surface area contributed by atoms with E-state index >= 15 is 0 Å². The number of unbranched alkanes of at least 4 members (excludes halogenated alkanes) is 11. The van der Waals surface area contributed by atoms with E-state index in [2.05, 4.69) is 74.6 Å². The number of hydrogen-bond donors (Lipinski definition) is 1. The highest BCUT2D eigenvalue weighted by Crippen LogP contribution is 2.10. The molecule has 42 heavy (non-hydrogen) atoms. The van der Waals surface area contributed by atoms with Gasteiger partial charge in [-0.25, -0.2) is 0 Å². The van der Waals surface area contributed by atoms with Crippen LogP contribution in [-0.4, -0.2) is 36.4 Å². The number of carbonyl (C=O) groups is 2. The molecule has 0 bridgehead atoms. The lowest BCUT2D eigenvalue weighted by Crippen LogP contribution is -2.28. The van der Waals surface area contributed by atoms with E-state index in [-0.39, 0.29) is 31.6 Å². The predicted octanol–water partition coefficient (Wildman–Crippen LogP) is 10.1. The molecular weight excluding hydrogens is 524 g/mol. The summed E-state index contributed by atoms with van der Waals surface area (Å²) < 4.78 is 10.5. The molecule has 0 aromatic rings. The van der Waals surface area contributed by atoms with Gasteiger partial charge in [0.15, 0.2) is 6.10 Å². The van der Waals surface area contributed by atoms with Crippen LogP contribution in [0.2, 0.25) is 0 Å². The zero-order chi connectivity index (χ0) is 30.8. The molecule has 1 atom stereocenters. The highest BCUT2D eigenvalue weighted by atomic mass is 16.6. The van der Waals surface area contributed by atoms with Crippen LogP contribution in [0.3, 0.4) is 0 Å². The molecule has 0 aromatic heterocycles. The Kier molecular flexibility index (Phi) is 31.2. The van der Waals surface area contributed by atoms with Crippen molar-refractivity contribution in [3.8, 4) is 0 Å². The van der Waals surface area contributed by atoms with E-state index < -0.39 is 6.10 Å². The van der Waals surface area contributed by atoms with Gasteiger partial charge in [0.05, 0.1) is 6.61 Å². The van der Waals surface area contributed by atoms with Crippen molar-refractivity contribution in [1.82, 2.24) is 0 Å². The topological polar surface area (TPSA) is 72.8 Å². The van der Waals surface area contributed by atoms with E-state index in [1.807, 2.05) is 0 Å². The van der Waals surface area contributed by atoms with Gasteiger partial charge in [0, 0.05) is 12.8 Å². The molecule has 0 amide bonds. The molecule has 1 N–H and O–H groups in total. The van der Waals surface area contributed by atoms with Crippen LogP contribution in [0.4, 0.5) is 0 Å². The molecule has 0 aliphatic carbocycles. The quantitative estimate of drug-likeness (QED) is 0.0536. The van der Waals surface area contributed by atoms with E-state index in [9.17, 15) is 14.7 Å². The van der Waals surface area contributed by atoms with Crippen molar-refractivity contribution in [1.29, 1.82) is 0 Å². The van der Waals surface area contributed by atoms with Crippen molar-refractivity contribution in [2.24, 2.45) is 0 Å². The molecule has 0 rings (SSSR count). The number of rotatable bonds is 29. The third-order valence-electron chi connectivity index (χ3n) is 6.78. The Morgan fingerprint density at radius 3 is 1.60 bits per heavy atom. The lowest BCUT2D eigenvalue weighted by molar-refractivity contribution is -0.161. The summed E-state index contributed by atoms with van der Waals surface area (Å²) in [7, 11) is 0. The Balaban J connectivity index is 3.74. The molecule has 0 spiro atoms. The van der Waals surface area contributed by atoms with Gasteiger partial charge in [-0.05, 0) is 70.6 Å². The Labute approximate surface area is 258 Å². The largest absolute Gasteiger partial charge is 0.462 e. The summed E-state index contributed by atoms with van der Waals surface area (Å²) in [5.41, 5.74) is 0. The number of allylic oxidation sites excluding steroid dienone is 10. The van der Waals surface area contributed by atoms with Crippen LogP contribution in [0, 0.1) is 0 Å². The summed E-state index contributed by atoms with van der Waals surface area (Å²) in [4.78, 5) is 24.1. The molecule has 0 fully saturated rings. The fourth-order valence-electron chi connectivity index (χ4n) is 4.17. The van der Waals surface area contributed by atoms with Gasteiger partial charge in [-0.3, -0.25) is 9.59 Å². The Morgan fingerprint density at radius 2 is 1.00 bits per heavy atom. The van der Waals surface area contributed by atoms with E-state index in [0.29, 0.717) is 12.8 Å². The van der Waals surface area contributed by atoms with Crippen LogP contribution in [0.15, 0.2) is 60.8 Å². The minimum absolute atomic E-state index is 0.0946. The molecular formula is C37H62O5. The number of carbonyl (C=O) groups excluding carboxylic acids is 2. The molecule has 0 saturated carbocycles. The summed E-state index contributed by atoms with van der Waals surface area (Å²) in [5, 5.41) is 9.49. The Hall–Kier alpha value is -2.40. The molecule has 5 heteroatoms. The highest BCUT2D eigenvalue weighted by Gasteiger charge is 2.15. The van der Waals surface area contributed by atoms with Crippen molar-refractivity contribution in [2.45, 2.75) is 148 Å². The molecule has 0 aromatic carbocycles. The highest BCUT2D eigenvalue weighted by molar-refractivity contribution is 5.70. The van der Waals surface area contributed by atoms with E-state index in [1.165, 1.54) is 57.8 Å². The summed E-state index contributed by atoms with van der Waals surface area (Å²) in [6, 6.07) is 0. The van der Waals surface area contributed by atoms with Gasteiger partial charge in [-0.1, -0.05) is 120 Å². The second-order valence-electron chi connectivity index (χ2n) is 10.9. The lowest BCUT2D eigenvalue weighted by Gasteiger charge is -2.15. The van der Waals surface area contributed by atoms with Gasteiger partial charge >= 0.3 is 11.9 Å². The fraction of sp³-hybridized carbons (Fsp3) is 0.676. The first-order chi connectivity index (χ1) is 20.6. The summed E-state index contributed by atoms with van der Waals surface area (Å²) >= 11 is 0. The first kappa shape index (κ1) is 39.6. The van der Waals surface area contributed by atoms with Crippen molar-refractivity contribution >= 4 is 11.9 Å². The lowest BCUT2D eigenvalue weighted by atomic mass is 10.1. The average Bonchev–Trinajstić information content (AvgIpc) is 2.99. The van der Waals surface area contributed by atoms with Gasteiger partial charge in [-0.2, -0.15) is 0 Å². The first-order valence-corrected chi connectivity index (χ1v) is 16.8. The smallest absolute Gasteiger partial charge is 0.306 e. The van der Waals surface area contributed by atoms with Gasteiger partial charge < -0.3 is 14.6 Å². The van der Waals surface area contributed by atoms with Crippen LogP contribution in [0.5, 0.6) is 0 Å². The summed E-state index contributed by atoms with van der Waals surface area (Å²) in [6.07, 6.45) is 41.3. The van der Waals surface area contributed by atoms with Crippen molar-refractivity contribution < 1.29 is 24.2 Å². The minimum Gasteiger partial charge on any atom is -0.462 e. The van der Waals surface area contributed by atoms with Crippen LogP contribution in [0.1, 0.15) is 142 Å². The van der Waals surface area contributed by atoms with Gasteiger partial charge in [0.1, 0.15) is 6.61 Å². The van der Waals surface area contributed by atoms with Gasteiger partial charge in [0.2, 0.25) is 0 Å². The molecule has 0 aliphatic heterocycles. The molecule has 0 unspecified atom stereocenters. The van der Waals surface area contributed by atoms with E-state index in [4.69, 9.17) is 9.47 Å². The fourth-order valence-corrected chi connectivity index (χ4v) is 4.17. The molecule has 0 heterocycles. The van der Waals surface area contributed by atoms with Crippen molar-refractivity contribution in [3.05, 3.63) is 60.8 Å².